The van der Waals surface area contributed by atoms with Gasteiger partial charge in [-0.05, 0) is 25.9 Å². The fourth-order valence-electron chi connectivity index (χ4n) is 2.29. The lowest BCUT2D eigenvalue weighted by Crippen LogP contribution is -2.32. The Hall–Kier alpha value is -1.05. The van der Waals surface area contributed by atoms with Crippen LogP contribution in [-0.2, 0) is 17.6 Å². The van der Waals surface area contributed by atoms with Crippen LogP contribution in [0.25, 0.3) is 4.96 Å². The molecule has 3 rings (SSSR count). The first-order valence-electron chi connectivity index (χ1n) is 6.89. The van der Waals surface area contributed by atoms with Gasteiger partial charge in [0.15, 0.2) is 5.82 Å². The monoisotopic (exact) mass is 281 g/mol. The summed E-state index contributed by atoms with van der Waals surface area (Å²) in [6, 6.07) is 0. The average molecular weight is 281 g/mol. The summed E-state index contributed by atoms with van der Waals surface area (Å²) in [6.45, 7) is 4.95. The van der Waals surface area contributed by atoms with Gasteiger partial charge in [0, 0.05) is 12.8 Å². The molecule has 19 heavy (non-hydrogen) atoms. The summed E-state index contributed by atoms with van der Waals surface area (Å²) < 4.78 is 7.75. The molecule has 1 fully saturated rings. The Kier molecular flexibility index (Phi) is 4.05. The fourth-order valence-corrected chi connectivity index (χ4v) is 3.13. The van der Waals surface area contributed by atoms with Gasteiger partial charge in [-0.2, -0.15) is 9.61 Å². The van der Waals surface area contributed by atoms with Crippen molar-refractivity contribution in [1.82, 2.24) is 25.1 Å². The van der Waals surface area contributed by atoms with Gasteiger partial charge in [-0.15, -0.1) is 10.2 Å². The van der Waals surface area contributed by atoms with Crippen molar-refractivity contribution in [1.29, 1.82) is 0 Å². The van der Waals surface area contributed by atoms with Gasteiger partial charge >= 0.3 is 0 Å². The van der Waals surface area contributed by atoms with E-state index in [9.17, 15) is 0 Å². The number of nitrogens with one attached hydrogen (secondary N) is 1. The topological polar surface area (TPSA) is 64.3 Å². The number of nitrogens with zero attached hydrogens (tertiary/aromatic N) is 4. The third-order valence-electron chi connectivity index (χ3n) is 3.37. The Labute approximate surface area is 116 Å². The van der Waals surface area contributed by atoms with Crippen LogP contribution in [0.5, 0.6) is 0 Å². The van der Waals surface area contributed by atoms with E-state index < -0.39 is 0 Å². The first-order valence-corrected chi connectivity index (χ1v) is 7.70. The van der Waals surface area contributed by atoms with Crippen molar-refractivity contribution in [2.45, 2.75) is 38.7 Å². The van der Waals surface area contributed by atoms with Gasteiger partial charge in [-0.1, -0.05) is 18.3 Å². The van der Waals surface area contributed by atoms with Crippen LogP contribution in [0.1, 0.15) is 30.6 Å². The van der Waals surface area contributed by atoms with Gasteiger partial charge in [-0.3, -0.25) is 0 Å². The van der Waals surface area contributed by atoms with E-state index in [1.54, 1.807) is 11.3 Å². The first kappa shape index (κ1) is 13.0. The molecule has 0 unspecified atom stereocenters. The molecule has 1 saturated heterocycles. The van der Waals surface area contributed by atoms with E-state index in [4.69, 9.17) is 4.74 Å². The van der Waals surface area contributed by atoms with Crippen molar-refractivity contribution < 1.29 is 4.74 Å². The summed E-state index contributed by atoms with van der Waals surface area (Å²) in [4.78, 5) is 0.883. The van der Waals surface area contributed by atoms with Gasteiger partial charge in [-0.25, -0.2) is 0 Å². The van der Waals surface area contributed by atoms with Crippen LogP contribution in [0.3, 0.4) is 0 Å². The Morgan fingerprint density at radius 1 is 1.37 bits per heavy atom. The second-order valence-corrected chi connectivity index (χ2v) is 5.77. The van der Waals surface area contributed by atoms with Crippen molar-refractivity contribution in [3.05, 3.63) is 10.8 Å². The molecule has 2 aromatic rings. The molecule has 104 valence electrons. The molecule has 7 heteroatoms. The molecule has 0 aromatic carbocycles. The predicted molar refractivity (Wildman–Crippen MR) is 73.6 cm³/mol. The minimum Gasteiger partial charge on any atom is -0.378 e. The second kappa shape index (κ2) is 5.94. The van der Waals surface area contributed by atoms with Crippen molar-refractivity contribution in [3.8, 4) is 0 Å². The average Bonchev–Trinajstić information content (AvgIpc) is 2.99. The number of fused-ring (bicyclic) bond motifs is 1. The van der Waals surface area contributed by atoms with Crippen molar-refractivity contribution >= 4 is 16.3 Å². The highest BCUT2D eigenvalue weighted by molar-refractivity contribution is 7.16. The maximum absolute atomic E-state index is 5.90. The van der Waals surface area contributed by atoms with Crippen molar-refractivity contribution in [2.24, 2.45) is 0 Å². The van der Waals surface area contributed by atoms with E-state index in [1.807, 2.05) is 4.52 Å². The van der Waals surface area contributed by atoms with Crippen LogP contribution >= 0.6 is 11.3 Å². The van der Waals surface area contributed by atoms with E-state index >= 15 is 0 Å². The standard InChI is InChI=1S/C12H19N5OS/c1-2-10-14-15-12-17(10)16-11(19-12)5-8-18-9-3-6-13-7-4-9/h9,13H,2-8H2,1H3. The van der Waals surface area contributed by atoms with E-state index in [-0.39, 0.29) is 0 Å². The number of rotatable bonds is 5. The van der Waals surface area contributed by atoms with Gasteiger partial charge in [0.1, 0.15) is 5.01 Å². The maximum atomic E-state index is 5.90. The zero-order chi connectivity index (χ0) is 13.1. The number of aromatic nitrogens is 4. The lowest BCUT2D eigenvalue weighted by molar-refractivity contribution is 0.0348. The van der Waals surface area contributed by atoms with Crippen LogP contribution in [0.15, 0.2) is 0 Å². The zero-order valence-electron chi connectivity index (χ0n) is 11.1. The molecule has 0 radical (unpaired) electrons. The van der Waals surface area contributed by atoms with Crippen LogP contribution in [-0.4, -0.2) is 45.6 Å². The fraction of sp³-hybridized carbons (Fsp3) is 0.750. The summed E-state index contributed by atoms with van der Waals surface area (Å²) in [6.07, 6.45) is 4.37. The van der Waals surface area contributed by atoms with E-state index in [0.717, 1.165) is 61.2 Å². The molecule has 1 aliphatic rings. The van der Waals surface area contributed by atoms with Gasteiger partial charge in [0.05, 0.1) is 12.7 Å². The van der Waals surface area contributed by atoms with Crippen molar-refractivity contribution in [2.75, 3.05) is 19.7 Å². The number of ether oxygens (including phenoxy) is 1. The zero-order valence-corrected chi connectivity index (χ0v) is 11.9. The van der Waals surface area contributed by atoms with E-state index in [0.29, 0.717) is 6.10 Å². The first-order chi connectivity index (χ1) is 9.36. The molecule has 0 aliphatic carbocycles. The van der Waals surface area contributed by atoms with E-state index in [1.165, 1.54) is 0 Å². The molecule has 6 nitrogen and oxygen atoms in total. The SMILES string of the molecule is CCc1nnc2sc(CCOC3CCNCC3)nn12. The molecular formula is C12H19N5OS. The summed E-state index contributed by atoms with van der Waals surface area (Å²) in [5.74, 6) is 0.928. The van der Waals surface area contributed by atoms with Gasteiger partial charge in [0.25, 0.3) is 0 Å². The van der Waals surface area contributed by atoms with Crippen LogP contribution < -0.4 is 5.32 Å². The minimum absolute atomic E-state index is 0.415. The molecule has 0 atom stereocenters. The molecule has 3 heterocycles. The molecule has 0 amide bonds. The number of aryl methyl sites for hydroxylation is 1. The molecule has 2 aromatic heterocycles. The maximum Gasteiger partial charge on any atom is 0.234 e. The Bertz CT molecular complexity index is 531. The summed E-state index contributed by atoms with van der Waals surface area (Å²) in [5.41, 5.74) is 0. The Morgan fingerprint density at radius 3 is 3.00 bits per heavy atom. The number of hydrogen-bond acceptors (Lipinski definition) is 6. The minimum atomic E-state index is 0.415. The highest BCUT2D eigenvalue weighted by Gasteiger charge is 2.14. The number of piperidine rings is 1. The lowest BCUT2D eigenvalue weighted by Gasteiger charge is -2.22. The quantitative estimate of drug-likeness (QED) is 0.888. The van der Waals surface area contributed by atoms with Crippen LogP contribution in [0.4, 0.5) is 0 Å². The largest absolute Gasteiger partial charge is 0.378 e. The van der Waals surface area contributed by atoms with Crippen molar-refractivity contribution in [3.63, 3.8) is 0 Å². The molecule has 0 bridgehead atoms. The molecule has 0 saturated carbocycles. The molecule has 0 spiro atoms. The molecule has 1 aliphatic heterocycles. The van der Waals surface area contributed by atoms with Crippen LogP contribution in [0, 0.1) is 0 Å². The van der Waals surface area contributed by atoms with Gasteiger partial charge < -0.3 is 10.1 Å². The lowest BCUT2D eigenvalue weighted by atomic mass is 10.1. The smallest absolute Gasteiger partial charge is 0.234 e. The third-order valence-corrected chi connectivity index (χ3v) is 4.33. The summed E-state index contributed by atoms with van der Waals surface area (Å²) in [7, 11) is 0. The van der Waals surface area contributed by atoms with Crippen LogP contribution in [0.2, 0.25) is 0 Å². The third kappa shape index (κ3) is 2.93. The highest BCUT2D eigenvalue weighted by atomic mass is 32.1. The van der Waals surface area contributed by atoms with Gasteiger partial charge in [0.2, 0.25) is 4.96 Å². The summed E-state index contributed by atoms with van der Waals surface area (Å²) in [5, 5.41) is 17.2. The van der Waals surface area contributed by atoms with E-state index in [2.05, 4.69) is 27.5 Å². The molecular weight excluding hydrogens is 262 g/mol. The second-order valence-electron chi connectivity index (χ2n) is 4.73. The Morgan fingerprint density at radius 2 is 2.21 bits per heavy atom. The summed E-state index contributed by atoms with van der Waals surface area (Å²) >= 11 is 1.61. The highest BCUT2D eigenvalue weighted by Crippen LogP contribution is 2.15. The predicted octanol–water partition coefficient (Wildman–Crippen LogP) is 1.06. The number of hydrogen-bond donors (Lipinski definition) is 1. The molecule has 1 N–H and O–H groups in total. The normalized spacial score (nSPS) is 17.3. The Balaban J connectivity index is 1.54.